The summed E-state index contributed by atoms with van der Waals surface area (Å²) >= 11 is 0. The van der Waals surface area contributed by atoms with Crippen molar-refractivity contribution < 1.29 is 0 Å². The van der Waals surface area contributed by atoms with Crippen LogP contribution in [0.1, 0.15) is 68.1 Å². The van der Waals surface area contributed by atoms with Gasteiger partial charge >= 0.3 is 0 Å². The molecule has 188 valence electrons. The fourth-order valence-corrected chi connectivity index (χ4v) is 5.67. The largest absolute Gasteiger partial charge is 0.322 e. The second-order valence-corrected chi connectivity index (χ2v) is 10.5. The summed E-state index contributed by atoms with van der Waals surface area (Å²) in [7, 11) is 0. The summed E-state index contributed by atoms with van der Waals surface area (Å²) in [5.41, 5.74) is 4.12. The van der Waals surface area contributed by atoms with Crippen LogP contribution in [0.25, 0.3) is 10.9 Å². The van der Waals surface area contributed by atoms with Gasteiger partial charge in [-0.1, -0.05) is 68.7 Å². The lowest BCUT2D eigenvalue weighted by Gasteiger charge is -2.38. The zero-order chi connectivity index (χ0) is 25.1. The summed E-state index contributed by atoms with van der Waals surface area (Å²) in [6.45, 7) is 7.86. The normalized spacial score (nSPS) is 15.4. The van der Waals surface area contributed by atoms with E-state index in [1.165, 1.54) is 24.0 Å². The zero-order valence-corrected chi connectivity index (χ0v) is 21.5. The van der Waals surface area contributed by atoms with Gasteiger partial charge in [-0.2, -0.15) is 0 Å². The van der Waals surface area contributed by atoms with E-state index in [1.807, 2.05) is 22.9 Å². The molecule has 7 heteroatoms. The van der Waals surface area contributed by atoms with Gasteiger partial charge in [0.1, 0.15) is 0 Å². The Morgan fingerprint density at radius 2 is 1.86 bits per heavy atom. The van der Waals surface area contributed by atoms with Gasteiger partial charge in [0.15, 0.2) is 5.82 Å². The predicted octanol–water partition coefficient (Wildman–Crippen LogP) is 5.21. The molecule has 2 aromatic carbocycles. The fourth-order valence-electron chi connectivity index (χ4n) is 5.67. The molecule has 4 aromatic rings. The Balaban J connectivity index is 1.49. The quantitative estimate of drug-likeness (QED) is 0.353. The molecule has 1 aliphatic carbocycles. The fraction of sp³-hybridized carbons (Fsp3) is 0.448. The van der Waals surface area contributed by atoms with Gasteiger partial charge in [0.05, 0.1) is 6.04 Å². The molecule has 2 heterocycles. The number of H-pyrrole nitrogens is 1. The van der Waals surface area contributed by atoms with E-state index in [1.54, 1.807) is 0 Å². The summed E-state index contributed by atoms with van der Waals surface area (Å²) in [5, 5.41) is 14.1. The van der Waals surface area contributed by atoms with Gasteiger partial charge in [-0.15, -0.1) is 5.10 Å². The molecular formula is C29H36N6O. The van der Waals surface area contributed by atoms with Crippen molar-refractivity contribution in [3.63, 3.8) is 0 Å². The Morgan fingerprint density at radius 1 is 1.08 bits per heavy atom. The number of benzene rings is 2. The number of aromatic nitrogens is 5. The van der Waals surface area contributed by atoms with E-state index in [0.29, 0.717) is 12.6 Å². The zero-order valence-electron chi connectivity index (χ0n) is 21.5. The second-order valence-electron chi connectivity index (χ2n) is 10.5. The minimum absolute atomic E-state index is 0.0134. The van der Waals surface area contributed by atoms with Crippen LogP contribution in [0.2, 0.25) is 0 Å². The molecule has 7 nitrogen and oxygen atoms in total. The summed E-state index contributed by atoms with van der Waals surface area (Å²) in [5.74, 6) is 1.18. The van der Waals surface area contributed by atoms with Crippen molar-refractivity contribution in [1.29, 1.82) is 0 Å². The molecule has 0 saturated heterocycles. The Kier molecular flexibility index (Phi) is 7.28. The molecule has 0 bridgehead atoms. The molecule has 1 fully saturated rings. The van der Waals surface area contributed by atoms with Gasteiger partial charge < -0.3 is 4.98 Å². The van der Waals surface area contributed by atoms with E-state index < -0.39 is 0 Å². The Morgan fingerprint density at radius 3 is 2.61 bits per heavy atom. The molecule has 1 aliphatic rings. The Labute approximate surface area is 212 Å². The van der Waals surface area contributed by atoms with Crippen molar-refractivity contribution >= 4 is 10.9 Å². The first-order valence-corrected chi connectivity index (χ1v) is 13.2. The third-order valence-electron chi connectivity index (χ3n) is 7.49. The summed E-state index contributed by atoms with van der Waals surface area (Å²) < 4.78 is 1.97. The lowest BCUT2D eigenvalue weighted by molar-refractivity contribution is 0.0840. The van der Waals surface area contributed by atoms with E-state index in [4.69, 9.17) is 0 Å². The van der Waals surface area contributed by atoms with Crippen LogP contribution in [0, 0.1) is 12.8 Å². The topological polar surface area (TPSA) is 79.7 Å². The van der Waals surface area contributed by atoms with Crippen LogP contribution >= 0.6 is 0 Å². The Hall–Kier alpha value is -3.32. The Bertz CT molecular complexity index is 1350. The number of fused-ring (bicyclic) bond motifs is 1. The van der Waals surface area contributed by atoms with E-state index in [9.17, 15) is 4.79 Å². The van der Waals surface area contributed by atoms with Crippen molar-refractivity contribution in [3.05, 3.63) is 87.5 Å². The molecule has 0 amide bonds. The molecule has 1 saturated carbocycles. The first-order valence-electron chi connectivity index (χ1n) is 13.2. The highest BCUT2D eigenvalue weighted by Crippen LogP contribution is 2.36. The van der Waals surface area contributed by atoms with Crippen LogP contribution in [0.3, 0.4) is 0 Å². The van der Waals surface area contributed by atoms with Gasteiger partial charge in [-0.3, -0.25) is 9.69 Å². The highest BCUT2D eigenvalue weighted by molar-refractivity contribution is 5.79. The smallest absolute Gasteiger partial charge is 0.252 e. The number of tetrazole rings is 1. The van der Waals surface area contributed by atoms with Gasteiger partial charge in [-0.05, 0) is 71.7 Å². The lowest BCUT2D eigenvalue weighted by atomic mass is 9.97. The number of nitrogens with one attached hydrogen (secondary N) is 1. The summed E-state index contributed by atoms with van der Waals surface area (Å²) in [4.78, 5) is 18.8. The second kappa shape index (κ2) is 10.7. The van der Waals surface area contributed by atoms with Crippen molar-refractivity contribution in [2.45, 2.75) is 78.0 Å². The standard InChI is InChI=1S/C29H36N6O/c1-20(2)27(28-31-32-33-35(28)16-15-22-9-5-4-6-10-22)34(25-11-7-8-12-25)19-24-18-23-17-21(3)13-14-26(23)30-29(24)36/h4-6,9-10,13-14,17-18,20,25,27H,7-8,11-12,15-16,19H2,1-3H3,(H,30,36)/t27-/m1/s1. The SMILES string of the molecule is Cc1ccc2[nH]c(=O)c(CN(C3CCCC3)[C@@H](c3nnnn3CCc3ccccc3)C(C)C)cc2c1. The van der Waals surface area contributed by atoms with Crippen molar-refractivity contribution in [1.82, 2.24) is 30.1 Å². The van der Waals surface area contributed by atoms with E-state index in [-0.39, 0.29) is 17.5 Å². The molecule has 36 heavy (non-hydrogen) atoms. The van der Waals surface area contributed by atoms with E-state index in [0.717, 1.165) is 48.1 Å². The average molecular weight is 485 g/mol. The molecule has 1 N–H and O–H groups in total. The number of hydrogen-bond acceptors (Lipinski definition) is 5. The average Bonchev–Trinajstić information content (AvgIpc) is 3.56. The predicted molar refractivity (Wildman–Crippen MR) is 143 cm³/mol. The molecule has 0 radical (unpaired) electrons. The maximum Gasteiger partial charge on any atom is 0.252 e. The number of aryl methyl sites for hydroxylation is 3. The molecule has 1 atom stereocenters. The molecule has 0 aliphatic heterocycles. The van der Waals surface area contributed by atoms with Gasteiger partial charge in [-0.25, -0.2) is 4.68 Å². The number of rotatable bonds is 9. The summed E-state index contributed by atoms with van der Waals surface area (Å²) in [6, 6.07) is 19.1. The lowest BCUT2D eigenvalue weighted by Crippen LogP contribution is -2.41. The van der Waals surface area contributed by atoms with Crippen LogP contribution in [0.4, 0.5) is 0 Å². The third-order valence-corrected chi connectivity index (χ3v) is 7.49. The molecule has 5 rings (SSSR count). The van der Waals surface area contributed by atoms with Gasteiger partial charge in [0.2, 0.25) is 0 Å². The number of pyridine rings is 1. The van der Waals surface area contributed by atoms with Crippen molar-refractivity contribution in [2.24, 2.45) is 5.92 Å². The minimum atomic E-state index is -0.0134. The van der Waals surface area contributed by atoms with Crippen LogP contribution in [0.5, 0.6) is 0 Å². The highest BCUT2D eigenvalue weighted by atomic mass is 16.1. The molecule has 2 aromatic heterocycles. The molecule has 0 spiro atoms. The number of hydrogen-bond donors (Lipinski definition) is 1. The summed E-state index contributed by atoms with van der Waals surface area (Å²) in [6.07, 6.45) is 5.59. The van der Waals surface area contributed by atoms with Crippen LogP contribution in [-0.4, -0.2) is 36.1 Å². The van der Waals surface area contributed by atoms with Gasteiger partial charge in [0.25, 0.3) is 5.56 Å². The molecule has 0 unspecified atom stereocenters. The number of nitrogens with zero attached hydrogens (tertiary/aromatic N) is 5. The van der Waals surface area contributed by atoms with E-state index in [2.05, 4.69) is 82.6 Å². The third kappa shape index (κ3) is 5.26. The first-order chi connectivity index (χ1) is 17.5. The first kappa shape index (κ1) is 24.4. The van der Waals surface area contributed by atoms with Gasteiger partial charge in [0, 0.05) is 30.2 Å². The van der Waals surface area contributed by atoms with Crippen molar-refractivity contribution in [3.8, 4) is 0 Å². The highest BCUT2D eigenvalue weighted by Gasteiger charge is 2.35. The number of aromatic amines is 1. The van der Waals surface area contributed by atoms with Crippen LogP contribution < -0.4 is 5.56 Å². The van der Waals surface area contributed by atoms with Crippen LogP contribution in [0.15, 0.2) is 59.4 Å². The maximum atomic E-state index is 13.1. The molecular weight excluding hydrogens is 448 g/mol. The van der Waals surface area contributed by atoms with Crippen LogP contribution in [-0.2, 0) is 19.5 Å². The van der Waals surface area contributed by atoms with E-state index >= 15 is 0 Å². The minimum Gasteiger partial charge on any atom is -0.322 e. The maximum absolute atomic E-state index is 13.1. The van der Waals surface area contributed by atoms with Crippen molar-refractivity contribution in [2.75, 3.05) is 0 Å². The monoisotopic (exact) mass is 484 g/mol.